The van der Waals surface area contributed by atoms with E-state index in [-0.39, 0.29) is 30.3 Å². The second-order valence-electron chi connectivity index (χ2n) is 4.97. The van der Waals surface area contributed by atoms with Gasteiger partial charge in [-0.3, -0.25) is 4.79 Å². The van der Waals surface area contributed by atoms with Crippen LogP contribution in [0.1, 0.15) is 34.0 Å². The van der Waals surface area contributed by atoms with E-state index in [9.17, 15) is 15.0 Å². The molecule has 2 aromatic carbocycles. The first-order valence-electron chi connectivity index (χ1n) is 6.54. The highest BCUT2D eigenvalue weighted by atomic mass is 16.5. The maximum Gasteiger partial charge on any atom is 0.170 e. The SMILES string of the molecule is O=C1CC(c2ccc(O)c(O)c2)Oc2ccc(CO)cc21. The Morgan fingerprint density at radius 3 is 2.62 bits per heavy atom. The van der Waals surface area contributed by atoms with Crippen LogP contribution < -0.4 is 4.74 Å². The van der Waals surface area contributed by atoms with Crippen molar-refractivity contribution < 1.29 is 24.9 Å². The molecule has 1 heterocycles. The van der Waals surface area contributed by atoms with Gasteiger partial charge in [0.15, 0.2) is 17.3 Å². The zero-order valence-electron chi connectivity index (χ0n) is 11.1. The van der Waals surface area contributed by atoms with Crippen LogP contribution >= 0.6 is 0 Å². The van der Waals surface area contributed by atoms with E-state index in [1.165, 1.54) is 12.1 Å². The van der Waals surface area contributed by atoms with Crippen LogP contribution in [-0.2, 0) is 6.61 Å². The van der Waals surface area contributed by atoms with Crippen LogP contribution in [0.2, 0.25) is 0 Å². The summed E-state index contributed by atoms with van der Waals surface area (Å²) >= 11 is 0. The standard InChI is InChI=1S/C16H14O5/c17-8-9-1-4-15-11(5-9)13(19)7-16(21-15)10-2-3-12(18)14(20)6-10/h1-6,16-18,20H,7-8H2. The fourth-order valence-electron chi connectivity index (χ4n) is 2.40. The normalized spacial score (nSPS) is 17.2. The van der Waals surface area contributed by atoms with E-state index in [1.807, 2.05) is 0 Å². The molecule has 2 aromatic rings. The number of fused-ring (bicyclic) bond motifs is 1. The third kappa shape index (κ3) is 2.43. The van der Waals surface area contributed by atoms with Gasteiger partial charge < -0.3 is 20.1 Å². The van der Waals surface area contributed by atoms with Crippen LogP contribution in [0, 0.1) is 0 Å². The lowest BCUT2D eigenvalue weighted by Crippen LogP contribution is -2.20. The molecule has 0 bridgehead atoms. The predicted molar refractivity (Wildman–Crippen MR) is 74.5 cm³/mol. The average Bonchev–Trinajstić information content (AvgIpc) is 2.49. The van der Waals surface area contributed by atoms with Gasteiger partial charge in [-0.25, -0.2) is 0 Å². The largest absolute Gasteiger partial charge is 0.504 e. The third-order valence-corrected chi connectivity index (χ3v) is 3.54. The van der Waals surface area contributed by atoms with E-state index in [4.69, 9.17) is 9.84 Å². The van der Waals surface area contributed by atoms with Crippen LogP contribution in [0.25, 0.3) is 0 Å². The lowest BCUT2D eigenvalue weighted by molar-refractivity contribution is 0.0849. The van der Waals surface area contributed by atoms with Crippen molar-refractivity contribution in [1.29, 1.82) is 0 Å². The first kappa shape index (κ1) is 13.5. The van der Waals surface area contributed by atoms with Gasteiger partial charge in [-0.2, -0.15) is 0 Å². The number of aliphatic hydroxyl groups is 1. The number of hydrogen-bond donors (Lipinski definition) is 3. The van der Waals surface area contributed by atoms with E-state index >= 15 is 0 Å². The monoisotopic (exact) mass is 286 g/mol. The summed E-state index contributed by atoms with van der Waals surface area (Å²) in [6, 6.07) is 9.35. The molecule has 3 rings (SSSR count). The van der Waals surface area contributed by atoms with Crippen molar-refractivity contribution >= 4 is 5.78 Å². The molecule has 1 aliphatic rings. The lowest BCUT2D eigenvalue weighted by Gasteiger charge is -2.26. The minimum absolute atomic E-state index is 0.0795. The molecule has 1 unspecified atom stereocenters. The second kappa shape index (κ2) is 5.10. The molecule has 5 nitrogen and oxygen atoms in total. The summed E-state index contributed by atoms with van der Waals surface area (Å²) < 4.78 is 5.79. The molecule has 1 aliphatic heterocycles. The Morgan fingerprint density at radius 2 is 1.90 bits per heavy atom. The number of benzene rings is 2. The number of ketones is 1. The van der Waals surface area contributed by atoms with Gasteiger partial charge in [0.05, 0.1) is 18.6 Å². The number of phenols is 2. The van der Waals surface area contributed by atoms with Crippen molar-refractivity contribution in [3.8, 4) is 17.2 Å². The number of aliphatic hydroxyl groups excluding tert-OH is 1. The van der Waals surface area contributed by atoms with E-state index < -0.39 is 6.10 Å². The summed E-state index contributed by atoms with van der Waals surface area (Å²) in [5, 5.41) is 28.0. The van der Waals surface area contributed by atoms with Gasteiger partial charge >= 0.3 is 0 Å². The number of carbonyl (C=O) groups excluding carboxylic acids is 1. The van der Waals surface area contributed by atoms with Gasteiger partial charge in [0.25, 0.3) is 0 Å². The number of aromatic hydroxyl groups is 2. The first-order valence-corrected chi connectivity index (χ1v) is 6.54. The molecule has 0 saturated carbocycles. The molecule has 21 heavy (non-hydrogen) atoms. The van der Waals surface area contributed by atoms with E-state index in [0.29, 0.717) is 22.4 Å². The molecular formula is C16H14O5. The molecule has 0 spiro atoms. The first-order chi connectivity index (χ1) is 10.1. The summed E-state index contributed by atoms with van der Waals surface area (Å²) in [6.07, 6.45) is -0.358. The number of ether oxygens (including phenoxy) is 1. The second-order valence-corrected chi connectivity index (χ2v) is 4.97. The fourth-order valence-corrected chi connectivity index (χ4v) is 2.40. The number of rotatable bonds is 2. The van der Waals surface area contributed by atoms with Crippen molar-refractivity contribution in [3.05, 3.63) is 53.1 Å². The fraction of sp³-hybridized carbons (Fsp3) is 0.188. The molecular weight excluding hydrogens is 272 g/mol. The smallest absolute Gasteiger partial charge is 0.170 e. The quantitative estimate of drug-likeness (QED) is 0.737. The van der Waals surface area contributed by atoms with Crippen molar-refractivity contribution in [3.63, 3.8) is 0 Å². The van der Waals surface area contributed by atoms with Gasteiger partial charge in [0.1, 0.15) is 11.9 Å². The molecule has 5 heteroatoms. The van der Waals surface area contributed by atoms with Crippen molar-refractivity contribution in [1.82, 2.24) is 0 Å². The van der Waals surface area contributed by atoms with Crippen LogP contribution in [0.5, 0.6) is 17.2 Å². The van der Waals surface area contributed by atoms with E-state index in [1.54, 1.807) is 24.3 Å². The highest BCUT2D eigenvalue weighted by Crippen LogP contribution is 2.37. The Balaban J connectivity index is 1.94. The minimum atomic E-state index is -0.503. The van der Waals surface area contributed by atoms with Gasteiger partial charge in [0.2, 0.25) is 0 Å². The van der Waals surface area contributed by atoms with Crippen LogP contribution in [0.4, 0.5) is 0 Å². The topological polar surface area (TPSA) is 87.0 Å². The molecule has 108 valence electrons. The molecule has 1 atom stereocenters. The number of Topliss-reactive ketones (excluding diaryl/α,β-unsaturated/α-hetero) is 1. The maximum atomic E-state index is 12.2. The molecule has 0 saturated heterocycles. The Hall–Kier alpha value is -2.53. The highest BCUT2D eigenvalue weighted by Gasteiger charge is 2.28. The molecule has 0 amide bonds. The summed E-state index contributed by atoms with van der Waals surface area (Å²) in [6.45, 7) is -0.129. The van der Waals surface area contributed by atoms with Crippen LogP contribution in [-0.4, -0.2) is 21.1 Å². The lowest BCUT2D eigenvalue weighted by atomic mass is 9.95. The number of phenolic OH excluding ortho intramolecular Hbond substituents is 2. The molecule has 0 radical (unpaired) electrons. The predicted octanol–water partition coefficient (Wildman–Crippen LogP) is 2.30. The Bertz CT molecular complexity index is 708. The van der Waals surface area contributed by atoms with Crippen LogP contribution in [0.15, 0.2) is 36.4 Å². The summed E-state index contributed by atoms with van der Waals surface area (Å²) in [4.78, 5) is 12.2. The summed E-state index contributed by atoms with van der Waals surface area (Å²) in [7, 11) is 0. The van der Waals surface area contributed by atoms with Crippen LogP contribution in [0.3, 0.4) is 0 Å². The van der Waals surface area contributed by atoms with Crippen molar-refractivity contribution in [2.24, 2.45) is 0 Å². The maximum absolute atomic E-state index is 12.2. The Kier molecular flexibility index (Phi) is 3.27. The minimum Gasteiger partial charge on any atom is -0.504 e. The average molecular weight is 286 g/mol. The number of carbonyl (C=O) groups is 1. The number of hydrogen-bond acceptors (Lipinski definition) is 5. The zero-order chi connectivity index (χ0) is 15.0. The van der Waals surface area contributed by atoms with Gasteiger partial charge in [-0.15, -0.1) is 0 Å². The Labute approximate surface area is 121 Å². The van der Waals surface area contributed by atoms with Crippen molar-refractivity contribution in [2.75, 3.05) is 0 Å². The highest BCUT2D eigenvalue weighted by molar-refractivity contribution is 6.00. The van der Waals surface area contributed by atoms with Gasteiger partial charge in [-0.05, 0) is 35.4 Å². The summed E-state index contributed by atoms with van der Waals surface area (Å²) in [5.41, 5.74) is 1.74. The van der Waals surface area contributed by atoms with Gasteiger partial charge in [0, 0.05) is 0 Å². The third-order valence-electron chi connectivity index (χ3n) is 3.54. The van der Waals surface area contributed by atoms with Gasteiger partial charge in [-0.1, -0.05) is 12.1 Å². The molecule has 3 N–H and O–H groups in total. The van der Waals surface area contributed by atoms with Crippen molar-refractivity contribution in [2.45, 2.75) is 19.1 Å². The van der Waals surface area contributed by atoms with E-state index in [0.717, 1.165) is 0 Å². The molecule has 0 aromatic heterocycles. The molecule has 0 aliphatic carbocycles. The molecule has 0 fully saturated rings. The van der Waals surface area contributed by atoms with E-state index in [2.05, 4.69) is 0 Å². The Morgan fingerprint density at radius 1 is 1.10 bits per heavy atom. The summed E-state index contributed by atoms with van der Waals surface area (Å²) in [5.74, 6) is -0.0797. The zero-order valence-corrected chi connectivity index (χ0v) is 11.1.